The number of hydrogen-bond acceptors (Lipinski definition) is 8. The lowest BCUT2D eigenvalue weighted by molar-refractivity contribution is 0.354. The second-order valence-corrected chi connectivity index (χ2v) is 7.84. The third-order valence-electron chi connectivity index (χ3n) is 4.09. The van der Waals surface area contributed by atoms with Crippen molar-refractivity contribution in [2.45, 2.75) is 6.42 Å². The van der Waals surface area contributed by atoms with Crippen LogP contribution < -0.4 is 25.1 Å². The number of fused-ring (bicyclic) bond motifs is 1. The third-order valence-corrected chi connectivity index (χ3v) is 5.86. The van der Waals surface area contributed by atoms with Gasteiger partial charge in [-0.05, 0) is 35.2 Å². The van der Waals surface area contributed by atoms with E-state index in [1.807, 2.05) is 23.6 Å². The molecule has 4 rings (SSSR count). The molecule has 9 heteroatoms. The highest BCUT2D eigenvalue weighted by molar-refractivity contribution is 7.15. The standard InChI is InChI=1S/C19H15N3O4S2/c1-25-14-6-5-11(9-15(14)26-2)8-13-17(23)20-19-22(21-13)18(24)16(28-19)10-12-4-3-7-27-12/h3-7,9-10H,8H2,1-2H3/b16-10+. The molecule has 0 N–H and O–H groups in total. The molecule has 28 heavy (non-hydrogen) atoms. The number of ether oxygens (including phenoxy) is 2. The van der Waals surface area contributed by atoms with E-state index < -0.39 is 5.56 Å². The molecule has 0 aliphatic rings. The van der Waals surface area contributed by atoms with Crippen LogP contribution in [0.25, 0.3) is 11.0 Å². The summed E-state index contributed by atoms with van der Waals surface area (Å²) in [7, 11) is 3.10. The fraction of sp³-hybridized carbons (Fsp3) is 0.158. The SMILES string of the molecule is COc1ccc(Cc2nn3c(=O)/c(=C\c4cccs4)sc3nc2=O)cc1OC. The van der Waals surface area contributed by atoms with Gasteiger partial charge in [0, 0.05) is 11.3 Å². The van der Waals surface area contributed by atoms with Crippen molar-refractivity contribution < 1.29 is 9.47 Å². The van der Waals surface area contributed by atoms with E-state index in [-0.39, 0.29) is 22.6 Å². The summed E-state index contributed by atoms with van der Waals surface area (Å²) in [5.74, 6) is 1.15. The Balaban J connectivity index is 1.77. The Hall–Kier alpha value is -3.04. The molecule has 0 saturated heterocycles. The van der Waals surface area contributed by atoms with Crippen molar-refractivity contribution in [2.75, 3.05) is 14.2 Å². The van der Waals surface area contributed by atoms with Gasteiger partial charge in [0.15, 0.2) is 11.5 Å². The van der Waals surface area contributed by atoms with Crippen LogP contribution in [-0.4, -0.2) is 28.8 Å². The van der Waals surface area contributed by atoms with Crippen LogP contribution in [0.3, 0.4) is 0 Å². The molecule has 0 spiro atoms. The minimum absolute atomic E-state index is 0.197. The summed E-state index contributed by atoms with van der Waals surface area (Å²) in [6.45, 7) is 0. The van der Waals surface area contributed by atoms with Gasteiger partial charge in [-0.15, -0.1) is 11.3 Å². The van der Waals surface area contributed by atoms with Gasteiger partial charge < -0.3 is 9.47 Å². The van der Waals surface area contributed by atoms with E-state index in [4.69, 9.17) is 9.47 Å². The molecule has 1 aromatic carbocycles. The smallest absolute Gasteiger partial charge is 0.296 e. The predicted molar refractivity (Wildman–Crippen MR) is 109 cm³/mol. The summed E-state index contributed by atoms with van der Waals surface area (Å²) in [6.07, 6.45) is 2.01. The second-order valence-electron chi connectivity index (χ2n) is 5.86. The highest BCUT2D eigenvalue weighted by Gasteiger charge is 2.13. The lowest BCUT2D eigenvalue weighted by Gasteiger charge is -2.09. The number of benzene rings is 1. The molecule has 0 unspecified atom stereocenters. The Kier molecular flexibility index (Phi) is 4.93. The zero-order valence-electron chi connectivity index (χ0n) is 15.0. The predicted octanol–water partition coefficient (Wildman–Crippen LogP) is 1.73. The summed E-state index contributed by atoms with van der Waals surface area (Å²) in [5.41, 5.74) is 0.271. The number of thiophene rings is 1. The van der Waals surface area contributed by atoms with E-state index in [2.05, 4.69) is 10.1 Å². The van der Waals surface area contributed by atoms with Gasteiger partial charge in [0.2, 0.25) is 4.96 Å². The normalized spacial score (nSPS) is 11.9. The van der Waals surface area contributed by atoms with E-state index in [0.29, 0.717) is 16.0 Å². The van der Waals surface area contributed by atoms with Crippen LogP contribution in [0.2, 0.25) is 0 Å². The fourth-order valence-corrected chi connectivity index (χ4v) is 4.37. The maximum Gasteiger partial charge on any atom is 0.296 e. The van der Waals surface area contributed by atoms with Crippen LogP contribution in [0.1, 0.15) is 16.1 Å². The number of thiazole rings is 1. The minimum Gasteiger partial charge on any atom is -0.493 e. The van der Waals surface area contributed by atoms with Crippen LogP contribution in [0.4, 0.5) is 0 Å². The molecule has 4 aromatic rings. The van der Waals surface area contributed by atoms with Crippen molar-refractivity contribution in [1.82, 2.24) is 14.6 Å². The third kappa shape index (κ3) is 3.41. The summed E-state index contributed by atoms with van der Waals surface area (Å²) >= 11 is 2.68. The molecular formula is C19H15N3O4S2. The monoisotopic (exact) mass is 413 g/mol. The maximum absolute atomic E-state index is 12.7. The van der Waals surface area contributed by atoms with Crippen LogP contribution >= 0.6 is 22.7 Å². The van der Waals surface area contributed by atoms with Gasteiger partial charge in [0.1, 0.15) is 5.69 Å². The minimum atomic E-state index is -0.446. The first-order valence-electron chi connectivity index (χ1n) is 8.28. The Labute approximate surface area is 167 Å². The molecule has 0 fully saturated rings. The van der Waals surface area contributed by atoms with Gasteiger partial charge in [-0.3, -0.25) is 9.59 Å². The van der Waals surface area contributed by atoms with Gasteiger partial charge in [0.05, 0.1) is 18.8 Å². The van der Waals surface area contributed by atoms with E-state index in [9.17, 15) is 9.59 Å². The van der Waals surface area contributed by atoms with Crippen molar-refractivity contribution in [3.63, 3.8) is 0 Å². The fourth-order valence-electron chi connectivity index (χ4n) is 2.74. The summed E-state index contributed by atoms with van der Waals surface area (Å²) in [4.78, 5) is 30.4. The van der Waals surface area contributed by atoms with Crippen LogP contribution in [0.15, 0.2) is 45.3 Å². The van der Waals surface area contributed by atoms with Gasteiger partial charge in [-0.2, -0.15) is 14.6 Å². The van der Waals surface area contributed by atoms with Crippen molar-refractivity contribution >= 4 is 33.7 Å². The summed E-state index contributed by atoms with van der Waals surface area (Å²) < 4.78 is 12.2. The van der Waals surface area contributed by atoms with E-state index in [1.165, 1.54) is 15.9 Å². The largest absolute Gasteiger partial charge is 0.493 e. The van der Waals surface area contributed by atoms with Crippen LogP contribution in [0.5, 0.6) is 11.5 Å². The number of nitrogens with zero attached hydrogens (tertiary/aromatic N) is 3. The zero-order valence-corrected chi connectivity index (χ0v) is 16.7. The molecule has 0 aliphatic carbocycles. The molecule has 3 heterocycles. The summed E-state index contributed by atoms with van der Waals surface area (Å²) in [6, 6.07) is 9.18. The molecule has 0 bridgehead atoms. The maximum atomic E-state index is 12.7. The van der Waals surface area contributed by atoms with E-state index >= 15 is 0 Å². The van der Waals surface area contributed by atoms with Gasteiger partial charge in [-0.1, -0.05) is 23.5 Å². The molecular weight excluding hydrogens is 398 g/mol. The zero-order chi connectivity index (χ0) is 19.7. The van der Waals surface area contributed by atoms with Crippen molar-refractivity contribution in [3.8, 4) is 11.5 Å². The van der Waals surface area contributed by atoms with Crippen molar-refractivity contribution in [1.29, 1.82) is 0 Å². The Morgan fingerprint density at radius 2 is 1.96 bits per heavy atom. The van der Waals surface area contributed by atoms with Gasteiger partial charge in [0.25, 0.3) is 11.1 Å². The van der Waals surface area contributed by atoms with Crippen molar-refractivity contribution in [3.05, 3.63) is 77.1 Å². The molecule has 0 saturated carbocycles. The number of aromatic nitrogens is 3. The summed E-state index contributed by atoms with van der Waals surface area (Å²) in [5, 5.41) is 6.20. The topological polar surface area (TPSA) is 82.8 Å². The number of methoxy groups -OCH3 is 2. The second kappa shape index (κ2) is 7.53. The molecule has 0 radical (unpaired) electrons. The first kappa shape index (κ1) is 18.3. The highest BCUT2D eigenvalue weighted by Crippen LogP contribution is 2.28. The number of hydrogen-bond donors (Lipinski definition) is 0. The Morgan fingerprint density at radius 3 is 2.68 bits per heavy atom. The van der Waals surface area contributed by atoms with Crippen molar-refractivity contribution in [2.24, 2.45) is 0 Å². The van der Waals surface area contributed by atoms with E-state index in [0.717, 1.165) is 21.8 Å². The molecule has 0 amide bonds. The molecule has 0 aliphatic heterocycles. The Morgan fingerprint density at radius 1 is 1.14 bits per heavy atom. The lowest BCUT2D eigenvalue weighted by Crippen LogP contribution is -2.28. The molecule has 3 aromatic heterocycles. The lowest BCUT2D eigenvalue weighted by atomic mass is 10.1. The first-order valence-corrected chi connectivity index (χ1v) is 9.97. The van der Waals surface area contributed by atoms with Gasteiger partial charge >= 0.3 is 0 Å². The van der Waals surface area contributed by atoms with Crippen LogP contribution in [0, 0.1) is 0 Å². The molecule has 142 valence electrons. The quantitative estimate of drug-likeness (QED) is 0.496. The average Bonchev–Trinajstić information content (AvgIpc) is 3.31. The first-order chi connectivity index (χ1) is 13.6. The molecule has 0 atom stereocenters. The van der Waals surface area contributed by atoms with Gasteiger partial charge in [-0.25, -0.2) is 0 Å². The van der Waals surface area contributed by atoms with Crippen LogP contribution in [-0.2, 0) is 6.42 Å². The van der Waals surface area contributed by atoms with E-state index in [1.54, 1.807) is 32.4 Å². The number of rotatable bonds is 5. The average molecular weight is 413 g/mol. The highest BCUT2D eigenvalue weighted by atomic mass is 32.1. The Bertz CT molecular complexity index is 1310. The molecule has 7 nitrogen and oxygen atoms in total.